The van der Waals surface area contributed by atoms with Crippen molar-refractivity contribution >= 4 is 62.8 Å². The average molecular weight is 579 g/mol. The number of benzene rings is 2. The molecule has 3 N–H and O–H groups in total. The van der Waals surface area contributed by atoms with E-state index >= 15 is 0 Å². The van der Waals surface area contributed by atoms with Crippen LogP contribution in [0.15, 0.2) is 48.7 Å². The van der Waals surface area contributed by atoms with E-state index in [0.29, 0.717) is 39.5 Å². The van der Waals surface area contributed by atoms with E-state index in [0.717, 1.165) is 37.6 Å². The Balaban J connectivity index is 1.50. The number of aromatic nitrogens is 4. The highest BCUT2D eigenvalue weighted by Gasteiger charge is 2.17. The fourth-order valence-corrected chi connectivity index (χ4v) is 4.50. The molecular formula is C24H22IN9O. The molecule has 0 atom stereocenters. The second-order valence-corrected chi connectivity index (χ2v) is 9.56. The molecule has 1 saturated heterocycles. The number of halogens is 1. The van der Waals surface area contributed by atoms with Crippen LogP contribution in [-0.2, 0) is 4.79 Å². The first-order valence-corrected chi connectivity index (χ1v) is 12.0. The number of aromatic amines is 1. The lowest BCUT2D eigenvalue weighted by atomic mass is 10.0. The summed E-state index contributed by atoms with van der Waals surface area (Å²) in [6.45, 7) is 5.40. The Bertz CT molecular complexity index is 1440. The summed E-state index contributed by atoms with van der Waals surface area (Å²) >= 11 is 2.37. The summed E-state index contributed by atoms with van der Waals surface area (Å²) in [7, 11) is 0. The topological polar surface area (TPSA) is 126 Å². The first-order chi connectivity index (χ1) is 17.0. The van der Waals surface area contributed by atoms with E-state index in [2.05, 4.69) is 74.9 Å². The minimum absolute atomic E-state index is 0.218. The van der Waals surface area contributed by atoms with Gasteiger partial charge in [0.25, 0.3) is 0 Å². The van der Waals surface area contributed by atoms with Crippen LogP contribution in [0.25, 0.3) is 22.3 Å². The van der Waals surface area contributed by atoms with Gasteiger partial charge in [-0.2, -0.15) is 15.3 Å². The zero-order valence-electron chi connectivity index (χ0n) is 18.9. The highest BCUT2D eigenvalue weighted by molar-refractivity contribution is 14.1. The fraction of sp³-hybridized carbons (Fsp3) is 0.208. The van der Waals surface area contributed by atoms with Gasteiger partial charge in [0.1, 0.15) is 0 Å². The van der Waals surface area contributed by atoms with Crippen molar-refractivity contribution in [3.05, 3.63) is 54.2 Å². The number of nitrogens with one attached hydrogen (secondary N) is 3. The van der Waals surface area contributed by atoms with Gasteiger partial charge >= 0.3 is 0 Å². The molecule has 1 amide bonds. The number of H-pyrrole nitrogens is 1. The quantitative estimate of drug-likeness (QED) is 0.239. The third-order valence-electron chi connectivity index (χ3n) is 5.66. The second kappa shape index (κ2) is 9.85. The molecule has 0 spiro atoms. The van der Waals surface area contributed by atoms with Gasteiger partial charge in [-0.1, -0.05) is 6.07 Å². The van der Waals surface area contributed by atoms with Gasteiger partial charge in [-0.05, 0) is 36.4 Å². The maximum absolute atomic E-state index is 11.6. The largest absolute Gasteiger partial charge is 0.369 e. The molecule has 176 valence electrons. The maximum atomic E-state index is 11.6. The minimum Gasteiger partial charge on any atom is -0.369 e. The molecule has 1 aliphatic rings. The van der Waals surface area contributed by atoms with Crippen LogP contribution in [-0.4, -0.2) is 55.4 Å². The molecule has 11 heteroatoms. The van der Waals surface area contributed by atoms with Gasteiger partial charge in [0, 0.05) is 78.6 Å². The minimum atomic E-state index is -0.218. The van der Waals surface area contributed by atoms with Crippen molar-refractivity contribution in [3.8, 4) is 17.3 Å². The smallest absolute Gasteiger partial charge is 0.229 e. The summed E-state index contributed by atoms with van der Waals surface area (Å²) in [5, 5.41) is 23.3. The van der Waals surface area contributed by atoms with Crippen LogP contribution in [0.1, 0.15) is 12.5 Å². The number of amides is 1. The van der Waals surface area contributed by atoms with Crippen LogP contribution in [0, 0.1) is 11.3 Å². The van der Waals surface area contributed by atoms with Gasteiger partial charge in [0.2, 0.25) is 11.9 Å². The van der Waals surface area contributed by atoms with Crippen molar-refractivity contribution in [2.24, 2.45) is 0 Å². The van der Waals surface area contributed by atoms with Crippen LogP contribution < -0.4 is 15.5 Å². The standard InChI is InChI=1S/C24H22IN9O/c1-15(35)28-19-10-16(13-26)9-17(11-19)22-21-14-27-32-23(21)31-24(30-22)29-18-3-2-4-20(12-18)33-5-7-34(25)8-6-33/h2-4,9-12,14H,5-8H2,1H3,(H,28,35)(H2,27,29,30,31,32). The van der Waals surface area contributed by atoms with Crippen LogP contribution in [0.2, 0.25) is 0 Å². The predicted octanol–water partition coefficient (Wildman–Crippen LogP) is 4.07. The number of hydrogen-bond acceptors (Lipinski definition) is 8. The maximum Gasteiger partial charge on any atom is 0.229 e. The lowest BCUT2D eigenvalue weighted by molar-refractivity contribution is -0.114. The zero-order chi connectivity index (χ0) is 24.4. The Kier molecular flexibility index (Phi) is 6.47. The number of piperazine rings is 1. The van der Waals surface area contributed by atoms with E-state index in [-0.39, 0.29) is 5.91 Å². The number of nitriles is 1. The summed E-state index contributed by atoms with van der Waals surface area (Å²) in [4.78, 5) is 23.3. The number of hydrogen-bond donors (Lipinski definition) is 3. The van der Waals surface area contributed by atoms with Gasteiger partial charge < -0.3 is 15.5 Å². The molecule has 0 unspecified atom stereocenters. The van der Waals surface area contributed by atoms with Crippen LogP contribution in [0.3, 0.4) is 0 Å². The molecule has 35 heavy (non-hydrogen) atoms. The molecular weight excluding hydrogens is 557 g/mol. The summed E-state index contributed by atoms with van der Waals surface area (Å²) in [5.74, 6) is 0.179. The summed E-state index contributed by atoms with van der Waals surface area (Å²) in [6.07, 6.45) is 1.65. The van der Waals surface area contributed by atoms with E-state index < -0.39 is 0 Å². The molecule has 4 aromatic rings. The lowest BCUT2D eigenvalue weighted by Gasteiger charge is -2.33. The van der Waals surface area contributed by atoms with Crippen LogP contribution in [0.4, 0.5) is 23.0 Å². The van der Waals surface area contributed by atoms with Crippen molar-refractivity contribution in [2.45, 2.75) is 6.92 Å². The third kappa shape index (κ3) is 5.18. The molecule has 10 nitrogen and oxygen atoms in total. The summed E-state index contributed by atoms with van der Waals surface area (Å²) < 4.78 is 2.30. The second-order valence-electron chi connectivity index (χ2n) is 8.19. The molecule has 0 radical (unpaired) electrons. The number of rotatable bonds is 5. The Morgan fingerprint density at radius 2 is 1.94 bits per heavy atom. The average Bonchev–Trinajstić information content (AvgIpc) is 3.32. The molecule has 1 fully saturated rings. The van der Waals surface area contributed by atoms with Gasteiger partial charge in [-0.3, -0.25) is 9.89 Å². The molecule has 0 aliphatic carbocycles. The molecule has 0 bridgehead atoms. The van der Waals surface area contributed by atoms with Gasteiger partial charge in [0.05, 0.1) is 28.9 Å². The van der Waals surface area contributed by atoms with E-state index in [4.69, 9.17) is 4.98 Å². The molecule has 2 aromatic heterocycles. The Morgan fingerprint density at radius 1 is 1.11 bits per heavy atom. The van der Waals surface area contributed by atoms with Crippen molar-refractivity contribution in [1.82, 2.24) is 23.3 Å². The van der Waals surface area contributed by atoms with Crippen molar-refractivity contribution in [1.29, 1.82) is 5.26 Å². The molecule has 1 aliphatic heterocycles. The Labute approximate surface area is 215 Å². The van der Waals surface area contributed by atoms with Crippen molar-refractivity contribution < 1.29 is 4.79 Å². The SMILES string of the molecule is CC(=O)Nc1cc(C#N)cc(-c2nc(Nc3cccc(N4CCN(I)CC4)c3)nc3[nH]ncc23)c1. The Morgan fingerprint density at radius 3 is 2.71 bits per heavy atom. The highest BCUT2D eigenvalue weighted by atomic mass is 127. The van der Waals surface area contributed by atoms with Gasteiger partial charge in [0.15, 0.2) is 5.65 Å². The zero-order valence-corrected chi connectivity index (χ0v) is 21.1. The molecule has 3 heterocycles. The number of carbonyl (C=O) groups excluding carboxylic acids is 1. The number of anilines is 4. The number of carbonyl (C=O) groups is 1. The molecule has 5 rings (SSSR count). The highest BCUT2D eigenvalue weighted by Crippen LogP contribution is 2.31. The van der Waals surface area contributed by atoms with Crippen LogP contribution in [0.5, 0.6) is 0 Å². The number of fused-ring (bicyclic) bond motifs is 1. The van der Waals surface area contributed by atoms with E-state index in [1.54, 1.807) is 24.4 Å². The number of nitrogens with zero attached hydrogens (tertiary/aromatic N) is 6. The summed E-state index contributed by atoms with van der Waals surface area (Å²) in [6, 6.07) is 15.5. The Hall–Kier alpha value is -3.76. The summed E-state index contributed by atoms with van der Waals surface area (Å²) in [5.41, 5.74) is 4.79. The van der Waals surface area contributed by atoms with Crippen molar-refractivity contribution in [2.75, 3.05) is 41.7 Å². The first kappa shape index (κ1) is 23.0. The van der Waals surface area contributed by atoms with E-state index in [1.807, 2.05) is 12.1 Å². The van der Waals surface area contributed by atoms with Crippen LogP contribution >= 0.6 is 22.9 Å². The first-order valence-electron chi connectivity index (χ1n) is 11.1. The van der Waals surface area contributed by atoms with Gasteiger partial charge in [-0.15, -0.1) is 0 Å². The normalized spacial score (nSPS) is 14.0. The fourth-order valence-electron chi connectivity index (χ4n) is 4.06. The lowest BCUT2D eigenvalue weighted by Crippen LogP contribution is -2.42. The van der Waals surface area contributed by atoms with Gasteiger partial charge in [-0.25, -0.2) is 8.10 Å². The van der Waals surface area contributed by atoms with E-state index in [9.17, 15) is 10.1 Å². The molecule has 0 saturated carbocycles. The molecule has 2 aromatic carbocycles. The van der Waals surface area contributed by atoms with E-state index in [1.165, 1.54) is 6.92 Å². The van der Waals surface area contributed by atoms with Crippen molar-refractivity contribution in [3.63, 3.8) is 0 Å². The predicted molar refractivity (Wildman–Crippen MR) is 144 cm³/mol. The monoisotopic (exact) mass is 579 g/mol. The third-order valence-corrected chi connectivity index (χ3v) is 6.62.